The monoisotopic (exact) mass is 467 g/mol. The van der Waals surface area contributed by atoms with Gasteiger partial charge in [-0.2, -0.15) is 4.72 Å². The summed E-state index contributed by atoms with van der Waals surface area (Å²) in [5.74, 6) is -0.476. The maximum Gasteiger partial charge on any atom is 0.242 e. The van der Waals surface area contributed by atoms with Crippen molar-refractivity contribution in [2.75, 3.05) is 16.3 Å². The van der Waals surface area contributed by atoms with Gasteiger partial charge in [-0.25, -0.2) is 16.8 Å². The van der Waals surface area contributed by atoms with Gasteiger partial charge in [-0.1, -0.05) is 37.6 Å². The molecule has 0 saturated heterocycles. The number of aryl methyl sites for hydroxylation is 2. The van der Waals surface area contributed by atoms with E-state index in [-0.39, 0.29) is 17.2 Å². The summed E-state index contributed by atoms with van der Waals surface area (Å²) in [7, 11) is -7.39. The lowest BCUT2D eigenvalue weighted by Crippen LogP contribution is -2.44. The second kappa shape index (κ2) is 9.80. The Hall–Kier alpha value is -2.43. The lowest BCUT2D eigenvalue weighted by Gasteiger charge is -2.21. The van der Waals surface area contributed by atoms with Gasteiger partial charge in [-0.15, -0.1) is 0 Å². The summed E-state index contributed by atoms with van der Waals surface area (Å²) in [6.45, 7) is 7.37. The molecule has 0 aliphatic heterocycles. The van der Waals surface area contributed by atoms with Crippen LogP contribution in [-0.4, -0.2) is 35.0 Å². The van der Waals surface area contributed by atoms with Gasteiger partial charge in [0, 0.05) is 5.69 Å². The molecule has 2 aromatic rings. The molecule has 170 valence electrons. The molecule has 0 bridgehead atoms. The zero-order chi connectivity index (χ0) is 23.4. The summed E-state index contributed by atoms with van der Waals surface area (Å²) in [5.41, 5.74) is 2.29. The van der Waals surface area contributed by atoms with Crippen LogP contribution < -0.4 is 14.8 Å². The molecule has 8 nitrogen and oxygen atoms in total. The first-order valence-electron chi connectivity index (χ1n) is 9.75. The van der Waals surface area contributed by atoms with E-state index in [0.717, 1.165) is 11.8 Å². The Morgan fingerprint density at radius 1 is 0.968 bits per heavy atom. The van der Waals surface area contributed by atoms with Crippen LogP contribution in [-0.2, 0) is 24.8 Å². The molecule has 10 heteroatoms. The Morgan fingerprint density at radius 2 is 1.58 bits per heavy atom. The number of carbonyl (C=O) groups excluding carboxylic acids is 1. The molecule has 3 N–H and O–H groups in total. The number of hydrogen-bond acceptors (Lipinski definition) is 5. The Bertz CT molecular complexity index is 1140. The maximum absolute atomic E-state index is 12.9. The number of sulfonamides is 2. The van der Waals surface area contributed by atoms with Crippen molar-refractivity contribution in [2.24, 2.45) is 5.92 Å². The lowest BCUT2D eigenvalue weighted by molar-refractivity contribution is -0.118. The van der Waals surface area contributed by atoms with Crippen LogP contribution in [0.25, 0.3) is 0 Å². The van der Waals surface area contributed by atoms with Crippen LogP contribution in [0.2, 0.25) is 0 Å². The third-order valence-corrected chi connectivity index (χ3v) is 6.53. The van der Waals surface area contributed by atoms with Gasteiger partial charge in [-0.05, 0) is 56.0 Å². The molecule has 0 fully saturated rings. The van der Waals surface area contributed by atoms with Crippen LogP contribution in [0.4, 0.5) is 11.4 Å². The molecular weight excluding hydrogens is 438 g/mol. The molecule has 1 unspecified atom stereocenters. The Labute approximate surface area is 184 Å². The quantitative estimate of drug-likeness (QED) is 0.523. The highest BCUT2D eigenvalue weighted by atomic mass is 32.2. The van der Waals surface area contributed by atoms with Gasteiger partial charge in [0.25, 0.3) is 0 Å². The van der Waals surface area contributed by atoms with Crippen molar-refractivity contribution in [2.45, 2.75) is 45.1 Å². The summed E-state index contributed by atoms with van der Waals surface area (Å²) in [5, 5.41) is 2.68. The van der Waals surface area contributed by atoms with Crippen LogP contribution in [0.15, 0.2) is 47.4 Å². The zero-order valence-electron chi connectivity index (χ0n) is 18.3. The zero-order valence-corrected chi connectivity index (χ0v) is 19.9. The standard InChI is InChI=1S/C21H29N3O5S2/c1-14(2)12-20(24-31(28,29)18-10-6-15(3)7-11-18)21(25)22-17-9-8-16(4)19(13-17)23-30(5,26)27/h6-11,13-14,20,23-24H,12H2,1-5H3,(H,22,25). The fourth-order valence-corrected chi connectivity index (χ4v) is 4.72. The first-order chi connectivity index (χ1) is 14.3. The molecule has 1 atom stereocenters. The maximum atomic E-state index is 12.9. The van der Waals surface area contributed by atoms with E-state index >= 15 is 0 Å². The van der Waals surface area contributed by atoms with E-state index in [1.165, 1.54) is 18.2 Å². The molecule has 31 heavy (non-hydrogen) atoms. The second-order valence-corrected chi connectivity index (χ2v) is 11.5. The summed E-state index contributed by atoms with van der Waals surface area (Å²) >= 11 is 0. The second-order valence-electron chi connectivity index (χ2n) is 8.01. The van der Waals surface area contributed by atoms with Crippen molar-refractivity contribution in [3.05, 3.63) is 53.6 Å². The number of amides is 1. The van der Waals surface area contributed by atoms with Crippen molar-refractivity contribution in [1.82, 2.24) is 4.72 Å². The highest BCUT2D eigenvalue weighted by Crippen LogP contribution is 2.22. The van der Waals surface area contributed by atoms with Crippen molar-refractivity contribution in [3.8, 4) is 0 Å². The van der Waals surface area contributed by atoms with Crippen LogP contribution in [0.1, 0.15) is 31.4 Å². The minimum absolute atomic E-state index is 0.0527. The minimum Gasteiger partial charge on any atom is -0.325 e. The number of carbonyl (C=O) groups is 1. The van der Waals surface area contributed by atoms with E-state index < -0.39 is 32.0 Å². The number of hydrogen-bond donors (Lipinski definition) is 3. The van der Waals surface area contributed by atoms with Crippen LogP contribution in [0, 0.1) is 19.8 Å². The third kappa shape index (κ3) is 7.64. The fraction of sp³-hybridized carbons (Fsp3) is 0.381. The molecule has 0 aliphatic rings. The first-order valence-corrected chi connectivity index (χ1v) is 13.1. The Morgan fingerprint density at radius 3 is 2.13 bits per heavy atom. The molecule has 2 rings (SSSR count). The van der Waals surface area contributed by atoms with E-state index in [0.29, 0.717) is 16.9 Å². The number of benzene rings is 2. The van der Waals surface area contributed by atoms with Gasteiger partial charge in [0.15, 0.2) is 0 Å². The van der Waals surface area contributed by atoms with Crippen LogP contribution >= 0.6 is 0 Å². The van der Waals surface area contributed by atoms with E-state index in [1.54, 1.807) is 31.2 Å². The largest absolute Gasteiger partial charge is 0.325 e. The van der Waals surface area contributed by atoms with E-state index in [1.807, 2.05) is 20.8 Å². The molecule has 0 heterocycles. The smallest absolute Gasteiger partial charge is 0.242 e. The average molecular weight is 468 g/mol. The average Bonchev–Trinajstić information content (AvgIpc) is 2.62. The van der Waals surface area contributed by atoms with Crippen LogP contribution in [0.5, 0.6) is 0 Å². The molecular formula is C21H29N3O5S2. The molecule has 0 saturated carbocycles. The molecule has 0 aromatic heterocycles. The Kier molecular flexibility index (Phi) is 7.85. The van der Waals surface area contributed by atoms with Gasteiger partial charge >= 0.3 is 0 Å². The molecule has 2 aromatic carbocycles. The van der Waals surface area contributed by atoms with Gasteiger partial charge in [0.1, 0.15) is 6.04 Å². The fourth-order valence-electron chi connectivity index (χ4n) is 2.89. The molecule has 0 radical (unpaired) electrons. The SMILES string of the molecule is Cc1ccc(S(=O)(=O)NC(CC(C)C)C(=O)Nc2ccc(C)c(NS(C)(=O)=O)c2)cc1. The summed E-state index contributed by atoms with van der Waals surface area (Å²) in [4.78, 5) is 13.0. The van der Waals surface area contributed by atoms with Crippen molar-refractivity contribution in [1.29, 1.82) is 0 Å². The Balaban J connectivity index is 2.25. The number of rotatable bonds is 9. The molecule has 0 aliphatic carbocycles. The van der Waals surface area contributed by atoms with Crippen molar-refractivity contribution in [3.63, 3.8) is 0 Å². The number of anilines is 2. The topological polar surface area (TPSA) is 121 Å². The lowest BCUT2D eigenvalue weighted by atomic mass is 10.0. The third-order valence-electron chi connectivity index (χ3n) is 4.45. The predicted molar refractivity (Wildman–Crippen MR) is 123 cm³/mol. The highest BCUT2D eigenvalue weighted by molar-refractivity contribution is 7.92. The van der Waals surface area contributed by atoms with E-state index in [2.05, 4.69) is 14.8 Å². The van der Waals surface area contributed by atoms with Crippen molar-refractivity contribution >= 4 is 37.3 Å². The molecule has 1 amide bonds. The highest BCUT2D eigenvalue weighted by Gasteiger charge is 2.26. The van der Waals surface area contributed by atoms with Crippen molar-refractivity contribution < 1.29 is 21.6 Å². The summed E-state index contributed by atoms with van der Waals surface area (Å²) < 4.78 is 53.6. The first kappa shape index (κ1) is 24.8. The summed E-state index contributed by atoms with van der Waals surface area (Å²) in [6, 6.07) is 10.1. The summed E-state index contributed by atoms with van der Waals surface area (Å²) in [6.07, 6.45) is 1.33. The molecule has 0 spiro atoms. The van der Waals surface area contributed by atoms with Gasteiger partial charge in [0.05, 0.1) is 16.8 Å². The van der Waals surface area contributed by atoms with Crippen LogP contribution in [0.3, 0.4) is 0 Å². The minimum atomic E-state index is -3.90. The normalized spacial score (nSPS) is 13.1. The van der Waals surface area contributed by atoms with Gasteiger partial charge in [0.2, 0.25) is 26.0 Å². The number of nitrogens with one attached hydrogen (secondary N) is 3. The van der Waals surface area contributed by atoms with E-state index in [4.69, 9.17) is 0 Å². The predicted octanol–water partition coefficient (Wildman–Crippen LogP) is 3.01. The van der Waals surface area contributed by atoms with Gasteiger partial charge < -0.3 is 5.32 Å². The van der Waals surface area contributed by atoms with E-state index in [9.17, 15) is 21.6 Å². The van der Waals surface area contributed by atoms with Gasteiger partial charge in [-0.3, -0.25) is 9.52 Å².